The number of ether oxygens (including phenoxy) is 1. The zero-order chi connectivity index (χ0) is 18.8. The van der Waals surface area contributed by atoms with Crippen molar-refractivity contribution in [3.05, 3.63) is 76.0 Å². The lowest BCUT2D eigenvalue weighted by atomic mass is 10.0. The number of phenols is 1. The van der Waals surface area contributed by atoms with Gasteiger partial charge >= 0.3 is 5.97 Å². The normalized spacial score (nSPS) is 15.7. The molecule has 0 saturated carbocycles. The van der Waals surface area contributed by atoms with Gasteiger partial charge in [-0.2, -0.15) is 0 Å². The lowest BCUT2D eigenvalue weighted by molar-refractivity contribution is -0.136. The fourth-order valence-electron chi connectivity index (χ4n) is 2.85. The van der Waals surface area contributed by atoms with Crippen molar-refractivity contribution >= 4 is 35.2 Å². The molecule has 0 saturated heterocycles. The first-order valence-corrected chi connectivity index (χ1v) is 8.21. The Balaban J connectivity index is 2.15. The van der Waals surface area contributed by atoms with E-state index in [0.29, 0.717) is 22.0 Å². The van der Waals surface area contributed by atoms with Crippen LogP contribution in [0.2, 0.25) is 5.02 Å². The monoisotopic (exact) mass is 369 g/mol. The highest BCUT2D eigenvalue weighted by Crippen LogP contribution is 2.36. The molecular formula is C20H16ClNO4. The number of esters is 1. The van der Waals surface area contributed by atoms with Gasteiger partial charge in [-0.1, -0.05) is 29.8 Å². The van der Waals surface area contributed by atoms with Crippen molar-refractivity contribution in [2.45, 2.75) is 6.92 Å². The number of rotatable bonds is 3. The molecule has 26 heavy (non-hydrogen) atoms. The summed E-state index contributed by atoms with van der Waals surface area (Å²) in [5.74, 6) is -0.984. The number of anilines is 1. The number of hydrogen-bond acceptors (Lipinski definition) is 4. The van der Waals surface area contributed by atoms with Gasteiger partial charge in [-0.3, -0.25) is 9.69 Å². The first-order chi connectivity index (χ1) is 12.4. The van der Waals surface area contributed by atoms with Crippen LogP contribution in [0.15, 0.2) is 65.4 Å². The average Bonchev–Trinajstić information content (AvgIpc) is 2.87. The summed E-state index contributed by atoms with van der Waals surface area (Å²) in [6.07, 6.45) is 1.49. The molecule has 0 aliphatic carbocycles. The summed E-state index contributed by atoms with van der Waals surface area (Å²) in [5.41, 5.74) is 1.79. The summed E-state index contributed by atoms with van der Waals surface area (Å²) >= 11 is 5.92. The highest BCUT2D eigenvalue weighted by Gasteiger charge is 2.38. The molecule has 0 aromatic heterocycles. The summed E-state index contributed by atoms with van der Waals surface area (Å²) in [7, 11) is 1.26. The molecule has 1 amide bonds. The maximum atomic E-state index is 13.0. The van der Waals surface area contributed by atoms with E-state index in [1.54, 1.807) is 49.4 Å². The van der Waals surface area contributed by atoms with E-state index in [2.05, 4.69) is 0 Å². The third kappa shape index (κ3) is 3.09. The number of nitrogens with zero attached hydrogens (tertiary/aromatic N) is 1. The van der Waals surface area contributed by atoms with Crippen LogP contribution in [0.3, 0.4) is 0 Å². The number of allylic oxidation sites excluding steroid dienone is 1. The maximum absolute atomic E-state index is 13.0. The molecule has 0 bridgehead atoms. The fourth-order valence-corrected chi connectivity index (χ4v) is 2.97. The maximum Gasteiger partial charge on any atom is 0.340 e. The van der Waals surface area contributed by atoms with Gasteiger partial charge in [-0.25, -0.2) is 4.79 Å². The minimum Gasteiger partial charge on any atom is -0.507 e. The quantitative estimate of drug-likeness (QED) is 0.657. The van der Waals surface area contributed by atoms with Gasteiger partial charge in [-0.05, 0) is 43.3 Å². The van der Waals surface area contributed by atoms with Gasteiger partial charge in [0, 0.05) is 22.0 Å². The third-order valence-electron chi connectivity index (χ3n) is 4.11. The van der Waals surface area contributed by atoms with Crippen molar-refractivity contribution in [2.75, 3.05) is 12.0 Å². The van der Waals surface area contributed by atoms with E-state index in [1.807, 2.05) is 0 Å². The zero-order valence-corrected chi connectivity index (χ0v) is 14.9. The van der Waals surface area contributed by atoms with Crippen molar-refractivity contribution in [3.8, 4) is 5.75 Å². The number of carbonyl (C=O) groups excluding carboxylic acids is 2. The molecule has 0 radical (unpaired) electrons. The predicted molar refractivity (Wildman–Crippen MR) is 99.7 cm³/mol. The van der Waals surface area contributed by atoms with Crippen LogP contribution < -0.4 is 4.90 Å². The zero-order valence-electron chi connectivity index (χ0n) is 14.2. The van der Waals surface area contributed by atoms with E-state index in [1.165, 1.54) is 24.2 Å². The summed E-state index contributed by atoms with van der Waals surface area (Å²) in [4.78, 5) is 26.8. The van der Waals surface area contributed by atoms with Crippen LogP contribution in [0, 0.1) is 0 Å². The molecule has 3 rings (SSSR count). The lowest BCUT2D eigenvalue weighted by Gasteiger charge is -2.17. The number of halogens is 1. The number of amides is 1. The standard InChI is InChI=1S/C20H16ClNO4/c1-12-18(20(25)26-2)16(11-13-5-3-4-6-17(13)23)19(24)22(12)15-9-7-14(21)8-10-15/h3-11,23H,1-2H3/b16-11-. The molecule has 1 heterocycles. The smallest absolute Gasteiger partial charge is 0.340 e. The van der Waals surface area contributed by atoms with Crippen LogP contribution in [0.5, 0.6) is 5.75 Å². The molecule has 2 aromatic rings. The van der Waals surface area contributed by atoms with Crippen LogP contribution in [0.25, 0.3) is 6.08 Å². The van der Waals surface area contributed by atoms with Gasteiger partial charge < -0.3 is 9.84 Å². The minimum atomic E-state index is -0.617. The van der Waals surface area contributed by atoms with E-state index in [9.17, 15) is 14.7 Å². The molecule has 1 aliphatic rings. The summed E-state index contributed by atoms with van der Waals surface area (Å²) in [6.45, 7) is 1.67. The number of phenolic OH excluding ortho intramolecular Hbond substituents is 1. The minimum absolute atomic E-state index is 0.0135. The largest absolute Gasteiger partial charge is 0.507 e. The van der Waals surface area contributed by atoms with Crippen molar-refractivity contribution in [1.29, 1.82) is 0 Å². The van der Waals surface area contributed by atoms with Crippen LogP contribution >= 0.6 is 11.6 Å². The summed E-state index contributed by atoms with van der Waals surface area (Å²) in [5, 5.41) is 10.5. The van der Waals surface area contributed by atoms with Gasteiger partial charge in [0.2, 0.25) is 0 Å². The molecule has 1 aliphatic heterocycles. The molecule has 0 spiro atoms. The Kier molecular flexibility index (Phi) is 4.82. The first kappa shape index (κ1) is 17.8. The number of methoxy groups -OCH3 is 1. The highest BCUT2D eigenvalue weighted by atomic mass is 35.5. The molecule has 0 unspecified atom stereocenters. The van der Waals surface area contributed by atoms with Gasteiger partial charge in [0.1, 0.15) is 5.75 Å². The van der Waals surface area contributed by atoms with E-state index in [4.69, 9.17) is 16.3 Å². The Bertz CT molecular complexity index is 945. The Morgan fingerprint density at radius 3 is 2.42 bits per heavy atom. The number of carbonyl (C=O) groups is 2. The number of para-hydroxylation sites is 1. The Hall–Kier alpha value is -3.05. The number of benzene rings is 2. The van der Waals surface area contributed by atoms with Gasteiger partial charge in [0.25, 0.3) is 5.91 Å². The Morgan fingerprint density at radius 1 is 1.15 bits per heavy atom. The van der Waals surface area contributed by atoms with Crippen molar-refractivity contribution in [1.82, 2.24) is 0 Å². The van der Waals surface area contributed by atoms with E-state index >= 15 is 0 Å². The Labute approximate surface area is 155 Å². The highest BCUT2D eigenvalue weighted by molar-refractivity contribution is 6.30. The van der Waals surface area contributed by atoms with Crippen molar-refractivity contribution in [2.24, 2.45) is 0 Å². The summed E-state index contributed by atoms with van der Waals surface area (Å²) in [6, 6.07) is 13.3. The fraction of sp³-hybridized carbons (Fsp3) is 0.100. The molecule has 2 aromatic carbocycles. The molecular weight excluding hydrogens is 354 g/mol. The van der Waals surface area contributed by atoms with E-state index in [0.717, 1.165) is 0 Å². The predicted octanol–water partition coefficient (Wildman–Crippen LogP) is 3.92. The van der Waals surface area contributed by atoms with Gasteiger partial charge in [-0.15, -0.1) is 0 Å². The second kappa shape index (κ2) is 7.06. The second-order valence-electron chi connectivity index (χ2n) is 5.69. The van der Waals surface area contributed by atoms with E-state index in [-0.39, 0.29) is 22.8 Å². The van der Waals surface area contributed by atoms with Crippen LogP contribution in [0.4, 0.5) is 5.69 Å². The van der Waals surface area contributed by atoms with E-state index < -0.39 is 5.97 Å². The molecule has 5 nitrogen and oxygen atoms in total. The van der Waals surface area contributed by atoms with Crippen LogP contribution in [-0.2, 0) is 14.3 Å². The molecule has 132 valence electrons. The number of hydrogen-bond donors (Lipinski definition) is 1. The topological polar surface area (TPSA) is 66.8 Å². The Morgan fingerprint density at radius 2 is 1.81 bits per heavy atom. The van der Waals surface area contributed by atoms with Gasteiger partial charge in [0.05, 0.1) is 18.3 Å². The lowest BCUT2D eigenvalue weighted by Crippen LogP contribution is -2.24. The number of aromatic hydroxyl groups is 1. The summed E-state index contributed by atoms with van der Waals surface area (Å²) < 4.78 is 4.85. The van der Waals surface area contributed by atoms with Crippen LogP contribution in [-0.4, -0.2) is 24.1 Å². The third-order valence-corrected chi connectivity index (χ3v) is 4.36. The van der Waals surface area contributed by atoms with Crippen molar-refractivity contribution in [3.63, 3.8) is 0 Å². The molecule has 0 atom stereocenters. The van der Waals surface area contributed by atoms with Gasteiger partial charge in [0.15, 0.2) is 0 Å². The van der Waals surface area contributed by atoms with Crippen molar-refractivity contribution < 1.29 is 19.4 Å². The SMILES string of the molecule is COC(=O)C1=C(C)N(c2ccc(Cl)cc2)C(=O)/C1=C\c1ccccc1O. The van der Waals surface area contributed by atoms with Crippen LogP contribution in [0.1, 0.15) is 12.5 Å². The molecule has 1 N–H and O–H groups in total. The second-order valence-corrected chi connectivity index (χ2v) is 6.12. The molecule has 0 fully saturated rings. The molecule has 6 heteroatoms. The first-order valence-electron chi connectivity index (χ1n) is 7.83. The average molecular weight is 370 g/mol.